The number of aromatic nitrogens is 2. The van der Waals surface area contributed by atoms with Crippen molar-refractivity contribution < 1.29 is 0 Å². The third kappa shape index (κ3) is 4.59. The predicted molar refractivity (Wildman–Crippen MR) is 160 cm³/mol. The van der Waals surface area contributed by atoms with E-state index in [2.05, 4.69) is 115 Å². The molecule has 182 valence electrons. The first-order valence-electron chi connectivity index (χ1n) is 12.0. The standard InChI is InChI=1S/C24H42Br2N2S2Si2/c1-13(2)31(14(3)4,15(5)6)23-24(32(16(7)8,17(9)10)18(11)12)30-22(28-23)21-27-19(25)20(26)29-21/h13-18H,1-12H3. The molecular weight excluding hydrogens is 596 g/mol. The number of thiazole rings is 2. The lowest BCUT2D eigenvalue weighted by atomic mass is 10.5. The van der Waals surface area contributed by atoms with Gasteiger partial charge in [-0.25, -0.2) is 9.97 Å². The monoisotopic (exact) mass is 636 g/mol. The summed E-state index contributed by atoms with van der Waals surface area (Å²) >= 11 is 11.0. The van der Waals surface area contributed by atoms with Gasteiger partial charge in [0.05, 0.1) is 0 Å². The van der Waals surface area contributed by atoms with E-state index in [1.807, 2.05) is 11.3 Å². The number of halogens is 2. The van der Waals surface area contributed by atoms with Crippen molar-refractivity contribution in [3.8, 4) is 10.0 Å². The summed E-state index contributed by atoms with van der Waals surface area (Å²) in [5.41, 5.74) is 3.94. The van der Waals surface area contributed by atoms with Crippen molar-refractivity contribution in [1.82, 2.24) is 9.97 Å². The summed E-state index contributed by atoms with van der Waals surface area (Å²) in [6.07, 6.45) is 0. The molecule has 0 saturated heterocycles. The Morgan fingerprint density at radius 1 is 0.562 bits per heavy atom. The van der Waals surface area contributed by atoms with E-state index in [4.69, 9.17) is 9.97 Å². The fourth-order valence-corrected chi connectivity index (χ4v) is 27.1. The van der Waals surface area contributed by atoms with Gasteiger partial charge in [0.15, 0.2) is 10.0 Å². The van der Waals surface area contributed by atoms with Crippen molar-refractivity contribution >= 4 is 80.5 Å². The van der Waals surface area contributed by atoms with Crippen LogP contribution in [-0.4, -0.2) is 26.1 Å². The summed E-state index contributed by atoms with van der Waals surface area (Å²) in [5.74, 6) is 0. The normalized spacial score (nSPS) is 13.8. The summed E-state index contributed by atoms with van der Waals surface area (Å²) in [4.78, 5) is 10.4. The van der Waals surface area contributed by atoms with Gasteiger partial charge in [0.1, 0.15) is 24.5 Å². The minimum Gasteiger partial charge on any atom is -0.243 e. The lowest BCUT2D eigenvalue weighted by molar-refractivity contribution is 0.826. The topological polar surface area (TPSA) is 25.8 Å². The van der Waals surface area contributed by atoms with Crippen molar-refractivity contribution in [3.63, 3.8) is 0 Å². The predicted octanol–water partition coefficient (Wildman–Crippen LogP) is 9.56. The van der Waals surface area contributed by atoms with E-state index in [9.17, 15) is 0 Å². The molecule has 0 atom stereocenters. The summed E-state index contributed by atoms with van der Waals surface area (Å²) in [5, 5.41) is 3.70. The zero-order chi connectivity index (χ0) is 24.8. The molecule has 0 aromatic carbocycles. The maximum absolute atomic E-state index is 5.61. The van der Waals surface area contributed by atoms with Crippen LogP contribution >= 0.6 is 54.5 Å². The zero-order valence-corrected chi connectivity index (χ0v) is 28.7. The van der Waals surface area contributed by atoms with Gasteiger partial charge in [-0.2, -0.15) is 0 Å². The average Bonchev–Trinajstić information content (AvgIpc) is 3.19. The minimum absolute atomic E-state index is 0.643. The summed E-state index contributed by atoms with van der Waals surface area (Å²) < 4.78 is 3.62. The molecule has 32 heavy (non-hydrogen) atoms. The number of nitrogens with zero attached hydrogens (tertiary/aromatic N) is 2. The van der Waals surface area contributed by atoms with Gasteiger partial charge in [0.2, 0.25) is 0 Å². The van der Waals surface area contributed by atoms with Crippen LogP contribution in [0.25, 0.3) is 10.0 Å². The van der Waals surface area contributed by atoms with E-state index in [0.29, 0.717) is 33.2 Å². The summed E-state index contributed by atoms with van der Waals surface area (Å²) in [6, 6.07) is 0. The molecule has 8 heteroatoms. The van der Waals surface area contributed by atoms with Crippen LogP contribution in [0.5, 0.6) is 0 Å². The molecule has 0 amide bonds. The highest BCUT2D eigenvalue weighted by atomic mass is 79.9. The fourth-order valence-electron chi connectivity index (χ4n) is 6.98. The fraction of sp³-hybridized carbons (Fsp3) is 0.750. The first kappa shape index (κ1) is 28.9. The van der Waals surface area contributed by atoms with Crippen molar-refractivity contribution in [3.05, 3.63) is 8.39 Å². The Balaban J connectivity index is 3.06. The first-order chi connectivity index (χ1) is 14.7. The Hall–Kier alpha value is 0.654. The van der Waals surface area contributed by atoms with Gasteiger partial charge < -0.3 is 0 Å². The van der Waals surface area contributed by atoms with E-state index in [1.165, 1.54) is 5.32 Å². The van der Waals surface area contributed by atoms with Gasteiger partial charge >= 0.3 is 0 Å². The van der Waals surface area contributed by atoms with Gasteiger partial charge in [-0.3, -0.25) is 0 Å². The third-order valence-electron chi connectivity index (χ3n) is 7.89. The Kier molecular flexibility index (Phi) is 9.69. The molecule has 0 aliphatic rings. The van der Waals surface area contributed by atoms with Gasteiger partial charge in [-0.05, 0) is 65.1 Å². The van der Waals surface area contributed by atoms with Crippen molar-refractivity contribution in [2.24, 2.45) is 0 Å². The van der Waals surface area contributed by atoms with E-state index in [1.54, 1.807) is 15.8 Å². The Bertz CT molecular complexity index is 805. The summed E-state index contributed by atoms with van der Waals surface area (Å²) in [7, 11) is -3.80. The lowest BCUT2D eigenvalue weighted by Gasteiger charge is -2.48. The van der Waals surface area contributed by atoms with E-state index >= 15 is 0 Å². The molecule has 0 N–H and O–H groups in total. The van der Waals surface area contributed by atoms with Gasteiger partial charge in [-0.1, -0.05) is 83.1 Å². The van der Waals surface area contributed by atoms with Crippen LogP contribution < -0.4 is 9.82 Å². The molecule has 0 spiro atoms. The summed E-state index contributed by atoms with van der Waals surface area (Å²) in [6.45, 7) is 29.7. The second kappa shape index (κ2) is 10.7. The van der Waals surface area contributed by atoms with Crippen LogP contribution in [0.1, 0.15) is 83.1 Å². The number of hydrogen-bond donors (Lipinski definition) is 0. The highest BCUT2D eigenvalue weighted by Gasteiger charge is 2.54. The minimum atomic E-state index is -1.93. The Labute approximate surface area is 223 Å². The van der Waals surface area contributed by atoms with E-state index < -0.39 is 16.1 Å². The lowest BCUT2D eigenvalue weighted by Crippen LogP contribution is -2.68. The van der Waals surface area contributed by atoms with Crippen molar-refractivity contribution in [2.45, 2.75) is 116 Å². The molecule has 0 fully saturated rings. The molecule has 0 unspecified atom stereocenters. The molecule has 0 radical (unpaired) electrons. The quantitative estimate of drug-likeness (QED) is 0.256. The van der Waals surface area contributed by atoms with E-state index in [-0.39, 0.29) is 0 Å². The van der Waals surface area contributed by atoms with Crippen molar-refractivity contribution in [2.75, 3.05) is 0 Å². The molecule has 0 aliphatic carbocycles. The van der Waals surface area contributed by atoms with Gasteiger partial charge in [0, 0.05) is 9.82 Å². The second-order valence-electron chi connectivity index (χ2n) is 11.1. The highest BCUT2D eigenvalue weighted by Crippen LogP contribution is 2.47. The van der Waals surface area contributed by atoms with Crippen LogP contribution in [0.15, 0.2) is 8.39 Å². The molecule has 0 aliphatic heterocycles. The van der Waals surface area contributed by atoms with Gasteiger partial charge in [-0.15, -0.1) is 22.7 Å². The highest BCUT2D eigenvalue weighted by molar-refractivity contribution is 9.13. The molecule has 2 nitrogen and oxygen atoms in total. The molecule has 2 rings (SSSR count). The van der Waals surface area contributed by atoms with Crippen LogP contribution in [0.4, 0.5) is 0 Å². The Morgan fingerprint density at radius 2 is 0.938 bits per heavy atom. The Morgan fingerprint density at radius 3 is 1.25 bits per heavy atom. The molecule has 0 bridgehead atoms. The average molecular weight is 639 g/mol. The van der Waals surface area contributed by atoms with Gasteiger partial charge in [0.25, 0.3) is 0 Å². The van der Waals surface area contributed by atoms with Crippen LogP contribution in [-0.2, 0) is 0 Å². The zero-order valence-electron chi connectivity index (χ0n) is 21.9. The van der Waals surface area contributed by atoms with Crippen LogP contribution in [0.2, 0.25) is 33.2 Å². The number of rotatable bonds is 9. The molecule has 2 heterocycles. The smallest absolute Gasteiger partial charge is 0.154 e. The largest absolute Gasteiger partial charge is 0.243 e. The number of hydrogen-bond acceptors (Lipinski definition) is 4. The molecule has 2 aromatic heterocycles. The maximum atomic E-state index is 5.61. The van der Waals surface area contributed by atoms with Crippen molar-refractivity contribution in [1.29, 1.82) is 0 Å². The maximum Gasteiger partial charge on any atom is 0.154 e. The third-order valence-corrected chi connectivity index (χ3v) is 27.4. The first-order valence-corrected chi connectivity index (χ1v) is 19.7. The molecular formula is C24H42Br2N2S2Si2. The van der Waals surface area contributed by atoms with E-state index in [0.717, 1.165) is 18.4 Å². The molecule has 2 aromatic rings. The molecule has 0 saturated carbocycles. The SMILES string of the molecule is CC(C)[Si](c1nc(-c2nc(Br)c(Br)s2)sc1[Si](C(C)C)(C(C)C)C(C)C)(C(C)C)C(C)C. The van der Waals surface area contributed by atoms with Crippen LogP contribution in [0, 0.1) is 0 Å². The second-order valence-corrected chi connectivity index (χ2v) is 27.1. The van der Waals surface area contributed by atoms with Crippen LogP contribution in [0.3, 0.4) is 0 Å².